The molecule has 0 unspecified atom stereocenters. The van der Waals surface area contributed by atoms with Crippen LogP contribution in [-0.4, -0.2) is 6.41 Å². The predicted octanol–water partition coefficient (Wildman–Crippen LogP) is 2.17. The monoisotopic (exact) mass is 173 g/mol. The summed E-state index contributed by atoms with van der Waals surface area (Å²) in [6, 6.07) is 3.35. The molecule has 0 aliphatic carbocycles. The summed E-state index contributed by atoms with van der Waals surface area (Å²) in [6.45, 7) is 0. The summed E-state index contributed by atoms with van der Waals surface area (Å²) in [5.41, 5.74) is -0.414. The lowest BCUT2D eigenvalue weighted by molar-refractivity contribution is -0.105. The van der Waals surface area contributed by atoms with Crippen LogP contribution in [0.5, 0.6) is 0 Å². The Balaban J connectivity index is 0.00000121. The molecule has 1 rings (SSSR count). The molecule has 0 heterocycles. The molecule has 66 valence electrons. The summed E-state index contributed by atoms with van der Waals surface area (Å²) < 4.78 is 25.2. The second kappa shape index (κ2) is 4.43. The van der Waals surface area contributed by atoms with E-state index in [4.69, 9.17) is 0 Å². The fourth-order valence-corrected chi connectivity index (χ4v) is 0.695. The first-order valence-electron chi connectivity index (χ1n) is 2.90. The van der Waals surface area contributed by atoms with E-state index in [0.29, 0.717) is 0 Å². The van der Waals surface area contributed by atoms with Crippen LogP contribution in [0.1, 0.15) is 7.43 Å². The number of carbonyl (C=O) groups is 1. The van der Waals surface area contributed by atoms with Crippen molar-refractivity contribution in [2.24, 2.45) is 0 Å². The molecular formula is C8H9F2NO. The highest BCUT2D eigenvalue weighted by Crippen LogP contribution is 2.16. The van der Waals surface area contributed by atoms with Crippen LogP contribution in [0.25, 0.3) is 0 Å². The topological polar surface area (TPSA) is 29.1 Å². The number of carbonyl (C=O) groups excluding carboxylic acids is 1. The Kier molecular flexibility index (Phi) is 3.90. The van der Waals surface area contributed by atoms with Crippen LogP contribution in [0.4, 0.5) is 14.5 Å². The molecule has 1 N–H and O–H groups in total. The minimum absolute atomic E-state index is 0. The molecule has 1 aromatic carbocycles. The van der Waals surface area contributed by atoms with E-state index in [9.17, 15) is 13.6 Å². The molecule has 1 aromatic rings. The zero-order chi connectivity index (χ0) is 8.27. The Bertz CT molecular complexity index is 256. The maximum atomic E-state index is 12.6. The van der Waals surface area contributed by atoms with Crippen molar-refractivity contribution >= 4 is 12.1 Å². The van der Waals surface area contributed by atoms with E-state index in [-0.39, 0.29) is 13.8 Å². The van der Waals surface area contributed by atoms with Crippen LogP contribution in [0.3, 0.4) is 0 Å². The molecule has 12 heavy (non-hydrogen) atoms. The standard InChI is InChI=1S/C7H5F2NO.CH4/c8-5-2-1-3-6(9)7(5)10-4-11;/h1-4H,(H,10,11);1H4. The lowest BCUT2D eigenvalue weighted by atomic mass is 10.3. The Labute approximate surface area is 69.2 Å². The number of rotatable bonds is 2. The number of amides is 1. The lowest BCUT2D eigenvalue weighted by Gasteiger charge is -2.00. The van der Waals surface area contributed by atoms with Gasteiger partial charge in [-0.25, -0.2) is 8.78 Å². The van der Waals surface area contributed by atoms with Crippen LogP contribution in [0.15, 0.2) is 18.2 Å². The Morgan fingerprint density at radius 3 is 2.17 bits per heavy atom. The summed E-state index contributed by atoms with van der Waals surface area (Å²) in [4.78, 5) is 9.83. The van der Waals surface area contributed by atoms with Gasteiger partial charge in [0.25, 0.3) is 0 Å². The zero-order valence-electron chi connectivity index (χ0n) is 5.47. The molecule has 0 aliphatic heterocycles. The normalized spacial score (nSPS) is 8.50. The second-order valence-corrected chi connectivity index (χ2v) is 1.86. The number of hydrogen-bond acceptors (Lipinski definition) is 1. The molecule has 2 nitrogen and oxygen atoms in total. The summed E-state index contributed by atoms with van der Waals surface area (Å²) in [6.07, 6.45) is 0.224. The first-order valence-corrected chi connectivity index (χ1v) is 2.90. The molecule has 0 bridgehead atoms. The van der Waals surface area contributed by atoms with E-state index >= 15 is 0 Å². The fourth-order valence-electron chi connectivity index (χ4n) is 0.695. The van der Waals surface area contributed by atoms with Gasteiger partial charge >= 0.3 is 0 Å². The van der Waals surface area contributed by atoms with Gasteiger partial charge < -0.3 is 5.32 Å². The van der Waals surface area contributed by atoms with Crippen LogP contribution >= 0.6 is 0 Å². The van der Waals surface area contributed by atoms with Crippen molar-refractivity contribution in [1.82, 2.24) is 0 Å². The summed E-state index contributed by atoms with van der Waals surface area (Å²) in [5, 5.41) is 1.91. The van der Waals surface area contributed by atoms with Gasteiger partial charge in [0.1, 0.15) is 17.3 Å². The number of benzene rings is 1. The first-order chi connectivity index (χ1) is 5.25. The van der Waals surface area contributed by atoms with Gasteiger partial charge in [-0.15, -0.1) is 0 Å². The van der Waals surface area contributed by atoms with Gasteiger partial charge in [-0.3, -0.25) is 4.79 Å². The van der Waals surface area contributed by atoms with Gasteiger partial charge in [-0.05, 0) is 12.1 Å². The lowest BCUT2D eigenvalue weighted by Crippen LogP contribution is -1.99. The van der Waals surface area contributed by atoms with Gasteiger partial charge in [-0.2, -0.15) is 0 Å². The molecule has 0 saturated carbocycles. The molecule has 0 aliphatic rings. The third-order valence-corrected chi connectivity index (χ3v) is 1.17. The third-order valence-electron chi connectivity index (χ3n) is 1.17. The number of nitrogens with one attached hydrogen (secondary N) is 1. The summed E-state index contributed by atoms with van der Waals surface area (Å²) >= 11 is 0. The largest absolute Gasteiger partial charge is 0.324 e. The van der Waals surface area contributed by atoms with Crippen molar-refractivity contribution in [3.8, 4) is 0 Å². The fraction of sp³-hybridized carbons (Fsp3) is 0.125. The van der Waals surface area contributed by atoms with Crippen molar-refractivity contribution in [3.05, 3.63) is 29.8 Å². The van der Waals surface area contributed by atoms with E-state index < -0.39 is 17.3 Å². The van der Waals surface area contributed by atoms with Crippen molar-refractivity contribution in [1.29, 1.82) is 0 Å². The predicted molar refractivity (Wildman–Crippen MR) is 42.8 cm³/mol. The number of hydrogen-bond donors (Lipinski definition) is 1. The van der Waals surface area contributed by atoms with Crippen LogP contribution in [0.2, 0.25) is 0 Å². The third kappa shape index (κ3) is 2.02. The molecular weight excluding hydrogens is 164 g/mol. The summed E-state index contributed by atoms with van der Waals surface area (Å²) in [5.74, 6) is -1.56. The van der Waals surface area contributed by atoms with Gasteiger partial charge in [0.2, 0.25) is 6.41 Å². The Morgan fingerprint density at radius 2 is 1.75 bits per heavy atom. The maximum Gasteiger partial charge on any atom is 0.211 e. The SMILES string of the molecule is C.O=CNc1c(F)cccc1F. The van der Waals surface area contributed by atoms with Gasteiger partial charge in [-0.1, -0.05) is 13.5 Å². The van der Waals surface area contributed by atoms with Gasteiger partial charge in [0.15, 0.2) is 0 Å². The second-order valence-electron chi connectivity index (χ2n) is 1.86. The minimum Gasteiger partial charge on any atom is -0.324 e. The molecule has 4 heteroatoms. The van der Waals surface area contributed by atoms with Crippen LogP contribution < -0.4 is 5.32 Å². The maximum absolute atomic E-state index is 12.6. The van der Waals surface area contributed by atoms with Crippen molar-refractivity contribution in [3.63, 3.8) is 0 Å². The molecule has 0 radical (unpaired) electrons. The molecule has 0 spiro atoms. The quantitative estimate of drug-likeness (QED) is 0.682. The van der Waals surface area contributed by atoms with E-state index in [2.05, 4.69) is 0 Å². The van der Waals surface area contributed by atoms with Crippen molar-refractivity contribution in [2.75, 3.05) is 5.32 Å². The highest BCUT2D eigenvalue weighted by molar-refractivity contribution is 5.71. The van der Waals surface area contributed by atoms with Crippen LogP contribution in [0, 0.1) is 11.6 Å². The van der Waals surface area contributed by atoms with Gasteiger partial charge in [0, 0.05) is 0 Å². The van der Waals surface area contributed by atoms with E-state index in [1.54, 1.807) is 0 Å². The van der Waals surface area contributed by atoms with E-state index in [1.807, 2.05) is 5.32 Å². The van der Waals surface area contributed by atoms with Crippen molar-refractivity contribution < 1.29 is 13.6 Å². The average Bonchev–Trinajstić information content (AvgIpc) is 1.97. The highest BCUT2D eigenvalue weighted by atomic mass is 19.1. The molecule has 0 fully saturated rings. The van der Waals surface area contributed by atoms with Crippen molar-refractivity contribution in [2.45, 2.75) is 7.43 Å². The van der Waals surface area contributed by atoms with E-state index in [0.717, 1.165) is 12.1 Å². The zero-order valence-corrected chi connectivity index (χ0v) is 5.47. The molecule has 0 atom stereocenters. The smallest absolute Gasteiger partial charge is 0.211 e. The number of anilines is 1. The molecule has 0 saturated heterocycles. The molecule has 0 aromatic heterocycles. The number of halogens is 2. The Hall–Kier alpha value is -1.45. The Morgan fingerprint density at radius 1 is 1.25 bits per heavy atom. The average molecular weight is 173 g/mol. The minimum atomic E-state index is -0.780. The highest BCUT2D eigenvalue weighted by Gasteiger charge is 2.05. The van der Waals surface area contributed by atoms with Gasteiger partial charge in [0.05, 0.1) is 0 Å². The van der Waals surface area contributed by atoms with E-state index in [1.165, 1.54) is 6.07 Å². The molecule has 1 amide bonds. The van der Waals surface area contributed by atoms with Crippen LogP contribution in [-0.2, 0) is 4.79 Å². The number of para-hydroxylation sites is 1. The first kappa shape index (κ1) is 10.6. The summed E-state index contributed by atoms with van der Waals surface area (Å²) in [7, 11) is 0.